The molecule has 0 unspecified atom stereocenters. The van der Waals surface area contributed by atoms with Crippen LogP contribution in [0.2, 0.25) is 0 Å². The number of hydrogen-bond acceptors (Lipinski definition) is 6. The highest BCUT2D eigenvalue weighted by Crippen LogP contribution is 2.46. The first-order valence-electron chi connectivity index (χ1n) is 12.1. The summed E-state index contributed by atoms with van der Waals surface area (Å²) >= 11 is 0. The van der Waals surface area contributed by atoms with Crippen LogP contribution in [0.15, 0.2) is 47.6 Å². The zero-order valence-corrected chi connectivity index (χ0v) is 21.0. The molecular formula is C26H29N5O3S. The van der Waals surface area contributed by atoms with Gasteiger partial charge in [-0.05, 0) is 63.6 Å². The fraction of sp³-hybridized carbons (Fsp3) is 0.423. The summed E-state index contributed by atoms with van der Waals surface area (Å²) in [4.78, 5) is 5.09. The highest BCUT2D eigenvalue weighted by atomic mass is 32.2. The molecular weight excluding hydrogens is 462 g/mol. The van der Waals surface area contributed by atoms with E-state index < -0.39 is 10.1 Å². The molecule has 0 radical (unpaired) electrons. The molecule has 0 atom stereocenters. The highest BCUT2D eigenvalue weighted by molar-refractivity contribution is 7.86. The number of aryl methyl sites for hydroxylation is 3. The maximum absolute atomic E-state index is 12.5. The lowest BCUT2D eigenvalue weighted by atomic mass is 9.81. The summed E-state index contributed by atoms with van der Waals surface area (Å²) in [5.41, 5.74) is 6.21. The van der Waals surface area contributed by atoms with E-state index in [9.17, 15) is 8.42 Å². The molecule has 9 heteroatoms. The van der Waals surface area contributed by atoms with Gasteiger partial charge in [0.05, 0.1) is 40.6 Å². The van der Waals surface area contributed by atoms with Crippen molar-refractivity contribution in [3.8, 4) is 11.3 Å². The van der Waals surface area contributed by atoms with E-state index >= 15 is 0 Å². The first kappa shape index (κ1) is 22.4. The summed E-state index contributed by atoms with van der Waals surface area (Å²) < 4.78 is 34.3. The molecule has 35 heavy (non-hydrogen) atoms. The highest BCUT2D eigenvalue weighted by Gasteiger charge is 2.36. The third kappa shape index (κ3) is 4.16. The molecule has 182 valence electrons. The Balaban J connectivity index is 1.17. The van der Waals surface area contributed by atoms with Crippen molar-refractivity contribution in [3.63, 3.8) is 0 Å². The van der Waals surface area contributed by atoms with Crippen LogP contribution in [0.5, 0.6) is 0 Å². The van der Waals surface area contributed by atoms with Gasteiger partial charge < -0.3 is 0 Å². The SMILES string of the molecule is Cc1ccc(S(=O)(=O)OCC2CC(n3cc(-c4cc5c(cnn5C)c(C)n4)c(C4CC4)n3)C2)cc1. The van der Waals surface area contributed by atoms with Crippen LogP contribution in [0.1, 0.15) is 54.6 Å². The maximum atomic E-state index is 12.5. The van der Waals surface area contributed by atoms with Gasteiger partial charge in [0.25, 0.3) is 10.1 Å². The topological polar surface area (TPSA) is 91.9 Å². The number of pyridine rings is 1. The second kappa shape index (κ2) is 8.27. The van der Waals surface area contributed by atoms with E-state index in [2.05, 4.69) is 22.0 Å². The number of hydrogen-bond donors (Lipinski definition) is 0. The second-order valence-corrected chi connectivity index (χ2v) is 11.6. The largest absolute Gasteiger partial charge is 0.296 e. The zero-order valence-electron chi connectivity index (χ0n) is 20.2. The minimum absolute atomic E-state index is 0.198. The minimum atomic E-state index is -3.73. The van der Waals surface area contributed by atoms with E-state index in [1.807, 2.05) is 31.8 Å². The zero-order chi connectivity index (χ0) is 24.3. The molecule has 3 heterocycles. The average Bonchev–Trinajstić information content (AvgIpc) is 3.44. The fourth-order valence-corrected chi connectivity index (χ4v) is 5.87. The van der Waals surface area contributed by atoms with Crippen molar-refractivity contribution in [3.05, 3.63) is 59.7 Å². The average molecular weight is 492 g/mol. The van der Waals surface area contributed by atoms with Crippen molar-refractivity contribution in [2.24, 2.45) is 13.0 Å². The standard InChI is InChI=1S/C26H29N5O3S/c1-16-4-8-21(9-5-16)35(32,33)34-15-18-10-20(11-18)31-14-23(26(29-31)19-6-7-19)24-12-25-22(17(2)28-24)13-27-30(25)3/h4-5,8-9,12-14,18-20H,6-7,10-11,15H2,1-3H3. The van der Waals surface area contributed by atoms with Gasteiger partial charge in [0, 0.05) is 35.8 Å². The molecule has 0 spiro atoms. The lowest BCUT2D eigenvalue weighted by Gasteiger charge is -2.34. The smallest absolute Gasteiger partial charge is 0.269 e. The number of rotatable bonds is 7. The van der Waals surface area contributed by atoms with Crippen LogP contribution in [0.4, 0.5) is 0 Å². The first-order valence-corrected chi connectivity index (χ1v) is 13.5. The summed E-state index contributed by atoms with van der Waals surface area (Å²) in [6.07, 6.45) is 8.01. The molecule has 0 N–H and O–H groups in total. The van der Waals surface area contributed by atoms with E-state index in [0.29, 0.717) is 5.92 Å². The lowest BCUT2D eigenvalue weighted by molar-refractivity contribution is 0.120. The Morgan fingerprint density at radius 2 is 1.86 bits per heavy atom. The Hall–Kier alpha value is -3.04. The van der Waals surface area contributed by atoms with E-state index in [1.54, 1.807) is 24.3 Å². The van der Waals surface area contributed by atoms with Crippen LogP contribution >= 0.6 is 0 Å². The monoisotopic (exact) mass is 491 g/mol. The molecule has 0 saturated heterocycles. The maximum Gasteiger partial charge on any atom is 0.296 e. The van der Waals surface area contributed by atoms with Gasteiger partial charge in [0.15, 0.2) is 0 Å². The molecule has 0 bridgehead atoms. The van der Waals surface area contributed by atoms with Crippen LogP contribution in [0.25, 0.3) is 22.2 Å². The van der Waals surface area contributed by atoms with Gasteiger partial charge in [-0.3, -0.25) is 18.5 Å². The molecule has 8 nitrogen and oxygen atoms in total. The van der Waals surface area contributed by atoms with Crippen molar-refractivity contribution in [2.75, 3.05) is 6.61 Å². The first-order chi connectivity index (χ1) is 16.8. The number of benzene rings is 1. The van der Waals surface area contributed by atoms with Crippen LogP contribution in [0.3, 0.4) is 0 Å². The van der Waals surface area contributed by atoms with Crippen molar-refractivity contribution < 1.29 is 12.6 Å². The van der Waals surface area contributed by atoms with Crippen LogP contribution in [-0.2, 0) is 21.3 Å². The van der Waals surface area contributed by atoms with Crippen molar-refractivity contribution in [1.82, 2.24) is 24.5 Å². The minimum Gasteiger partial charge on any atom is -0.269 e. The molecule has 2 aliphatic rings. The molecule has 2 aliphatic carbocycles. The van der Waals surface area contributed by atoms with E-state index in [-0.39, 0.29) is 23.5 Å². The predicted molar refractivity (Wildman–Crippen MR) is 133 cm³/mol. The summed E-state index contributed by atoms with van der Waals surface area (Å²) in [6, 6.07) is 9.11. The van der Waals surface area contributed by atoms with Crippen LogP contribution in [-0.4, -0.2) is 39.6 Å². The second-order valence-electron chi connectivity index (χ2n) is 10.0. The molecule has 0 amide bonds. The Morgan fingerprint density at radius 3 is 2.57 bits per heavy atom. The Labute approximate surface area is 205 Å². The normalized spacial score (nSPS) is 20.3. The van der Waals surface area contributed by atoms with Gasteiger partial charge in [0.1, 0.15) is 0 Å². The summed E-state index contributed by atoms with van der Waals surface area (Å²) in [5, 5.41) is 10.4. The quantitative estimate of drug-likeness (QED) is 0.349. The number of aromatic nitrogens is 5. The molecule has 6 rings (SSSR count). The van der Waals surface area contributed by atoms with Crippen molar-refractivity contribution in [2.45, 2.75) is 56.4 Å². The fourth-order valence-electron chi connectivity index (χ4n) is 4.90. The summed E-state index contributed by atoms with van der Waals surface area (Å²) in [7, 11) is -1.78. The van der Waals surface area contributed by atoms with Gasteiger partial charge in [-0.1, -0.05) is 17.7 Å². The van der Waals surface area contributed by atoms with E-state index in [1.165, 1.54) is 0 Å². The lowest BCUT2D eigenvalue weighted by Crippen LogP contribution is -2.31. The van der Waals surface area contributed by atoms with Crippen LogP contribution < -0.4 is 0 Å². The molecule has 2 fully saturated rings. The van der Waals surface area contributed by atoms with E-state index in [4.69, 9.17) is 14.3 Å². The molecule has 2 saturated carbocycles. The predicted octanol–water partition coefficient (Wildman–Crippen LogP) is 4.68. The van der Waals surface area contributed by atoms with Gasteiger partial charge in [0.2, 0.25) is 0 Å². The molecule has 1 aromatic carbocycles. The van der Waals surface area contributed by atoms with Crippen molar-refractivity contribution in [1.29, 1.82) is 0 Å². The number of nitrogens with zero attached hydrogens (tertiary/aromatic N) is 5. The third-order valence-electron chi connectivity index (χ3n) is 7.29. The number of fused-ring (bicyclic) bond motifs is 1. The Bertz CT molecular complexity index is 1510. The third-order valence-corrected chi connectivity index (χ3v) is 8.59. The molecule has 4 aromatic rings. The Morgan fingerprint density at radius 1 is 1.11 bits per heavy atom. The van der Waals surface area contributed by atoms with Gasteiger partial charge in [-0.15, -0.1) is 0 Å². The Kier molecular flexibility index (Phi) is 5.30. The van der Waals surface area contributed by atoms with Crippen molar-refractivity contribution >= 4 is 21.0 Å². The van der Waals surface area contributed by atoms with Crippen LogP contribution in [0, 0.1) is 19.8 Å². The van der Waals surface area contributed by atoms with Gasteiger partial charge in [-0.2, -0.15) is 18.6 Å². The molecule has 0 aliphatic heterocycles. The van der Waals surface area contributed by atoms with E-state index in [0.717, 1.165) is 64.8 Å². The van der Waals surface area contributed by atoms with Gasteiger partial charge >= 0.3 is 0 Å². The van der Waals surface area contributed by atoms with Gasteiger partial charge in [-0.25, -0.2) is 0 Å². The molecule has 3 aromatic heterocycles. The summed E-state index contributed by atoms with van der Waals surface area (Å²) in [5.74, 6) is 0.692. The summed E-state index contributed by atoms with van der Waals surface area (Å²) in [6.45, 7) is 4.15.